The molecule has 4 atom stereocenters. The third kappa shape index (κ3) is 7.59. The Morgan fingerprint density at radius 3 is 2.21 bits per heavy atom. The Balaban J connectivity index is 2.78. The van der Waals surface area contributed by atoms with E-state index < -0.39 is 42.1 Å². The number of aliphatic imine (C=N–C) groups is 1. The van der Waals surface area contributed by atoms with E-state index in [1.807, 2.05) is 13.8 Å². The number of nitrogens with one attached hydrogen (secondary N) is 3. The summed E-state index contributed by atoms with van der Waals surface area (Å²) in [5.41, 5.74) is 9.65. The molecule has 1 unspecified atom stereocenters. The third-order valence-electron chi connectivity index (χ3n) is 4.75. The highest BCUT2D eigenvalue weighted by atomic mass is 16.6. The van der Waals surface area contributed by atoms with Crippen LogP contribution in [0.4, 0.5) is 0 Å². The molecule has 1 aliphatic rings. The average Bonchev–Trinajstić information content (AvgIpc) is 3.40. The van der Waals surface area contributed by atoms with Gasteiger partial charge in [0, 0.05) is 6.54 Å². The molecule has 1 fully saturated rings. The van der Waals surface area contributed by atoms with Crippen LogP contribution in [0.2, 0.25) is 0 Å². The van der Waals surface area contributed by atoms with Crippen molar-refractivity contribution < 1.29 is 24.2 Å². The van der Waals surface area contributed by atoms with Crippen molar-refractivity contribution in [2.45, 2.75) is 57.3 Å². The van der Waals surface area contributed by atoms with Gasteiger partial charge in [-0.2, -0.15) is 0 Å². The van der Waals surface area contributed by atoms with E-state index in [0.717, 1.165) is 0 Å². The molecule has 0 saturated carbocycles. The number of guanidine groups is 1. The Bertz CT molecular complexity index is 616. The number of aliphatic hydroxyl groups is 1. The zero-order valence-electron chi connectivity index (χ0n) is 17.5. The van der Waals surface area contributed by atoms with Crippen LogP contribution < -0.4 is 27.4 Å². The van der Waals surface area contributed by atoms with E-state index in [9.17, 15) is 19.5 Å². The maximum Gasteiger partial charge on any atom is 0.245 e. The zero-order chi connectivity index (χ0) is 22.2. The van der Waals surface area contributed by atoms with Crippen LogP contribution in [0, 0.1) is 5.92 Å². The number of ether oxygens (including phenoxy) is 1. The molecule has 1 aliphatic heterocycles. The molecule has 166 valence electrons. The van der Waals surface area contributed by atoms with Crippen LogP contribution in [0.3, 0.4) is 0 Å². The first-order valence-electron chi connectivity index (χ1n) is 9.68. The lowest BCUT2D eigenvalue weighted by molar-refractivity contribution is -0.134. The van der Waals surface area contributed by atoms with Crippen LogP contribution in [0.25, 0.3) is 0 Å². The van der Waals surface area contributed by atoms with Gasteiger partial charge >= 0.3 is 0 Å². The van der Waals surface area contributed by atoms with E-state index >= 15 is 0 Å². The molecule has 11 heteroatoms. The number of aliphatic hydroxyl groups excluding tert-OH is 1. The molecule has 0 aromatic carbocycles. The summed E-state index contributed by atoms with van der Waals surface area (Å²) in [4.78, 5) is 41.5. The second kappa shape index (κ2) is 11.1. The standard InChI is InChI=1S/C18H34N6O5/c1-10(2)13(21-4)16(28)24-12(8-25)15(27)23-11(6-5-7-22-17(19)20)14(26)18(3)9-29-18/h10-13,21,25H,5-9H2,1-4H3,(H,23,27)(H,24,28)(H4,19,20,22)/t11-,12-,13?,18+/m0/s1. The highest BCUT2D eigenvalue weighted by molar-refractivity contribution is 5.98. The molecule has 0 aromatic heterocycles. The lowest BCUT2D eigenvalue weighted by Crippen LogP contribution is -2.57. The van der Waals surface area contributed by atoms with Crippen molar-refractivity contribution in [1.82, 2.24) is 16.0 Å². The summed E-state index contributed by atoms with van der Waals surface area (Å²) in [5, 5.41) is 17.6. The number of amides is 2. The van der Waals surface area contributed by atoms with E-state index in [4.69, 9.17) is 16.2 Å². The molecule has 0 aromatic rings. The Morgan fingerprint density at radius 2 is 1.76 bits per heavy atom. The number of rotatable bonds is 13. The minimum atomic E-state index is -1.18. The van der Waals surface area contributed by atoms with Gasteiger partial charge in [-0.05, 0) is 32.7 Å². The highest BCUT2D eigenvalue weighted by Crippen LogP contribution is 2.29. The fourth-order valence-electron chi connectivity index (χ4n) is 2.89. The van der Waals surface area contributed by atoms with Crippen molar-refractivity contribution >= 4 is 23.6 Å². The Kier molecular flexibility index (Phi) is 9.47. The lowest BCUT2D eigenvalue weighted by atomic mass is 9.96. The molecular formula is C18H34N6O5. The maximum atomic E-state index is 12.7. The molecule has 1 saturated heterocycles. The summed E-state index contributed by atoms with van der Waals surface area (Å²) in [6.07, 6.45) is 0.744. The molecule has 0 radical (unpaired) electrons. The van der Waals surface area contributed by atoms with Crippen molar-refractivity contribution in [1.29, 1.82) is 0 Å². The first-order chi connectivity index (χ1) is 13.6. The molecule has 11 nitrogen and oxygen atoms in total. The van der Waals surface area contributed by atoms with E-state index in [-0.39, 0.29) is 30.7 Å². The number of carbonyl (C=O) groups is 3. The number of hydrogen-bond acceptors (Lipinski definition) is 7. The quantitative estimate of drug-likeness (QED) is 0.0833. The summed E-state index contributed by atoms with van der Waals surface area (Å²) in [5.74, 6) is -1.40. The van der Waals surface area contributed by atoms with E-state index in [1.165, 1.54) is 0 Å². The fourth-order valence-corrected chi connectivity index (χ4v) is 2.89. The Hall–Kier alpha value is -2.24. The van der Waals surface area contributed by atoms with Crippen LogP contribution in [-0.4, -0.2) is 79.2 Å². The van der Waals surface area contributed by atoms with Gasteiger partial charge in [0.15, 0.2) is 11.7 Å². The summed E-state index contributed by atoms with van der Waals surface area (Å²) < 4.78 is 5.19. The largest absolute Gasteiger partial charge is 0.394 e. The molecule has 0 spiro atoms. The van der Waals surface area contributed by atoms with Gasteiger partial charge in [-0.3, -0.25) is 19.4 Å². The number of likely N-dealkylation sites (N-methyl/N-ethyl adjacent to an activating group) is 1. The van der Waals surface area contributed by atoms with Crippen LogP contribution in [0.15, 0.2) is 4.99 Å². The number of carbonyl (C=O) groups excluding carboxylic acids is 3. The number of ketones is 1. The predicted molar refractivity (Wildman–Crippen MR) is 108 cm³/mol. The molecule has 2 amide bonds. The Morgan fingerprint density at radius 1 is 1.17 bits per heavy atom. The molecule has 1 rings (SSSR count). The molecular weight excluding hydrogens is 380 g/mol. The van der Waals surface area contributed by atoms with E-state index in [2.05, 4.69) is 20.9 Å². The van der Waals surface area contributed by atoms with Crippen molar-refractivity contribution in [3.05, 3.63) is 0 Å². The van der Waals surface area contributed by atoms with Gasteiger partial charge < -0.3 is 37.3 Å². The lowest BCUT2D eigenvalue weighted by Gasteiger charge is -2.25. The monoisotopic (exact) mass is 414 g/mol. The van der Waals surface area contributed by atoms with Crippen LogP contribution >= 0.6 is 0 Å². The summed E-state index contributed by atoms with van der Waals surface area (Å²) >= 11 is 0. The molecule has 1 heterocycles. The number of hydrogen-bond donors (Lipinski definition) is 6. The summed E-state index contributed by atoms with van der Waals surface area (Å²) in [6, 6.07) is -2.55. The van der Waals surface area contributed by atoms with E-state index in [1.54, 1.807) is 14.0 Å². The van der Waals surface area contributed by atoms with Gasteiger partial charge in [0.2, 0.25) is 11.8 Å². The SMILES string of the molecule is CNC(C(=O)N[C@@H](CO)C(=O)N[C@@H](CCCN=C(N)N)C(=O)[C@@]1(C)CO1)C(C)C. The van der Waals surface area contributed by atoms with Crippen molar-refractivity contribution in [2.75, 3.05) is 26.8 Å². The van der Waals surface area contributed by atoms with Crippen molar-refractivity contribution in [3.63, 3.8) is 0 Å². The molecule has 0 bridgehead atoms. The van der Waals surface area contributed by atoms with Crippen LogP contribution in [0.5, 0.6) is 0 Å². The van der Waals surface area contributed by atoms with Crippen LogP contribution in [-0.2, 0) is 19.1 Å². The minimum Gasteiger partial charge on any atom is -0.394 e. The molecule has 0 aliphatic carbocycles. The fraction of sp³-hybridized carbons (Fsp3) is 0.778. The first kappa shape index (κ1) is 24.8. The number of epoxide rings is 1. The molecule has 29 heavy (non-hydrogen) atoms. The molecule has 8 N–H and O–H groups in total. The topological polar surface area (TPSA) is 184 Å². The third-order valence-corrected chi connectivity index (χ3v) is 4.75. The van der Waals surface area contributed by atoms with Gasteiger partial charge in [0.25, 0.3) is 0 Å². The van der Waals surface area contributed by atoms with E-state index in [0.29, 0.717) is 13.0 Å². The zero-order valence-corrected chi connectivity index (χ0v) is 17.5. The van der Waals surface area contributed by atoms with Gasteiger partial charge in [-0.1, -0.05) is 13.8 Å². The normalized spacial score (nSPS) is 21.0. The van der Waals surface area contributed by atoms with Gasteiger partial charge in [-0.15, -0.1) is 0 Å². The van der Waals surface area contributed by atoms with Crippen molar-refractivity contribution in [2.24, 2.45) is 22.4 Å². The van der Waals surface area contributed by atoms with Gasteiger partial charge in [-0.25, -0.2) is 0 Å². The maximum absolute atomic E-state index is 12.7. The van der Waals surface area contributed by atoms with Crippen molar-refractivity contribution in [3.8, 4) is 0 Å². The second-order valence-corrected chi connectivity index (χ2v) is 7.65. The summed E-state index contributed by atoms with van der Waals surface area (Å²) in [6.45, 7) is 5.35. The van der Waals surface area contributed by atoms with Gasteiger partial charge in [0.05, 0.1) is 25.3 Å². The predicted octanol–water partition coefficient (Wildman–Crippen LogP) is -2.40. The number of nitrogens with zero attached hydrogens (tertiary/aromatic N) is 1. The van der Waals surface area contributed by atoms with Crippen LogP contribution in [0.1, 0.15) is 33.6 Å². The minimum absolute atomic E-state index is 0.0146. The average molecular weight is 415 g/mol. The van der Waals surface area contributed by atoms with Gasteiger partial charge in [0.1, 0.15) is 11.6 Å². The number of Topliss-reactive ketones (excluding diaryl/α,β-unsaturated/α-hetero) is 1. The Labute approximate surface area is 171 Å². The smallest absolute Gasteiger partial charge is 0.245 e. The second-order valence-electron chi connectivity index (χ2n) is 7.65. The highest BCUT2D eigenvalue weighted by Gasteiger charge is 2.50. The summed E-state index contributed by atoms with van der Waals surface area (Å²) in [7, 11) is 1.64. The number of nitrogens with two attached hydrogens (primary N) is 2. The first-order valence-corrected chi connectivity index (χ1v) is 9.68.